The van der Waals surface area contributed by atoms with Gasteiger partial charge in [-0.2, -0.15) is 4.98 Å². The summed E-state index contributed by atoms with van der Waals surface area (Å²) in [4.78, 5) is 11.0. The van der Waals surface area contributed by atoms with Gasteiger partial charge in [0.25, 0.3) is 0 Å². The van der Waals surface area contributed by atoms with E-state index in [4.69, 9.17) is 4.74 Å². The van der Waals surface area contributed by atoms with Gasteiger partial charge >= 0.3 is 0 Å². The number of rotatable bonds is 5. The Balaban J connectivity index is 2.02. The third-order valence-corrected chi connectivity index (χ3v) is 3.51. The first-order chi connectivity index (χ1) is 9.31. The lowest BCUT2D eigenvalue weighted by Crippen LogP contribution is -2.33. The van der Waals surface area contributed by atoms with Crippen molar-refractivity contribution in [1.29, 1.82) is 0 Å². The Morgan fingerprint density at radius 2 is 2.26 bits per heavy atom. The largest absolute Gasteiger partial charge is 0.477 e. The Bertz CT molecular complexity index is 377. The lowest BCUT2D eigenvalue weighted by atomic mass is 10.1. The Hall–Kier alpha value is -1.36. The highest BCUT2D eigenvalue weighted by atomic mass is 16.5. The molecule has 0 aromatic carbocycles. The van der Waals surface area contributed by atoms with E-state index in [1.54, 1.807) is 6.20 Å². The molecule has 1 aliphatic heterocycles. The van der Waals surface area contributed by atoms with E-state index in [0.717, 1.165) is 31.7 Å². The van der Waals surface area contributed by atoms with Gasteiger partial charge in [0.15, 0.2) is 5.82 Å². The predicted molar refractivity (Wildman–Crippen MR) is 76.7 cm³/mol. The topological polar surface area (TPSA) is 50.3 Å². The van der Waals surface area contributed by atoms with Crippen LogP contribution in [-0.2, 0) is 0 Å². The first-order valence-electron chi connectivity index (χ1n) is 7.19. The zero-order valence-corrected chi connectivity index (χ0v) is 11.9. The minimum Gasteiger partial charge on any atom is -0.477 e. The molecule has 0 radical (unpaired) electrons. The van der Waals surface area contributed by atoms with Crippen LogP contribution in [0.4, 0.5) is 5.82 Å². The SMILES string of the molecule is CCCOc1cncc(N(C)C2CCCNCC2)n1. The summed E-state index contributed by atoms with van der Waals surface area (Å²) in [5.41, 5.74) is 0. The molecule has 19 heavy (non-hydrogen) atoms. The van der Waals surface area contributed by atoms with Crippen molar-refractivity contribution in [2.45, 2.75) is 38.6 Å². The maximum absolute atomic E-state index is 5.55. The highest BCUT2D eigenvalue weighted by Crippen LogP contribution is 2.19. The summed E-state index contributed by atoms with van der Waals surface area (Å²) in [6.07, 6.45) is 8.05. The summed E-state index contributed by atoms with van der Waals surface area (Å²) in [5.74, 6) is 1.53. The summed E-state index contributed by atoms with van der Waals surface area (Å²) in [6, 6.07) is 0.533. The average molecular weight is 264 g/mol. The fourth-order valence-corrected chi connectivity index (χ4v) is 2.36. The molecule has 0 spiro atoms. The Morgan fingerprint density at radius 3 is 3.11 bits per heavy atom. The smallest absolute Gasteiger partial charge is 0.234 e. The molecule has 1 atom stereocenters. The Morgan fingerprint density at radius 1 is 1.37 bits per heavy atom. The number of aromatic nitrogens is 2. The number of nitrogens with zero attached hydrogens (tertiary/aromatic N) is 3. The van der Waals surface area contributed by atoms with Crippen LogP contribution < -0.4 is 15.0 Å². The van der Waals surface area contributed by atoms with E-state index in [1.165, 1.54) is 12.8 Å². The van der Waals surface area contributed by atoms with Crippen LogP contribution in [0.3, 0.4) is 0 Å². The van der Waals surface area contributed by atoms with Crippen LogP contribution in [0.2, 0.25) is 0 Å². The van der Waals surface area contributed by atoms with Crippen molar-refractivity contribution in [2.24, 2.45) is 0 Å². The van der Waals surface area contributed by atoms with E-state index in [1.807, 2.05) is 6.20 Å². The highest BCUT2D eigenvalue weighted by Gasteiger charge is 2.18. The van der Waals surface area contributed by atoms with Crippen molar-refractivity contribution in [3.63, 3.8) is 0 Å². The van der Waals surface area contributed by atoms with Crippen LogP contribution in [-0.4, -0.2) is 42.8 Å². The van der Waals surface area contributed by atoms with Crippen LogP contribution in [0.5, 0.6) is 5.88 Å². The molecule has 2 rings (SSSR count). The predicted octanol–water partition coefficient (Wildman–Crippen LogP) is 1.84. The van der Waals surface area contributed by atoms with Gasteiger partial charge in [0, 0.05) is 13.1 Å². The van der Waals surface area contributed by atoms with E-state index >= 15 is 0 Å². The van der Waals surface area contributed by atoms with Crippen molar-refractivity contribution in [3.05, 3.63) is 12.4 Å². The maximum atomic E-state index is 5.55. The molecular weight excluding hydrogens is 240 g/mol. The molecule has 0 bridgehead atoms. The van der Waals surface area contributed by atoms with Gasteiger partial charge in [-0.25, -0.2) is 0 Å². The molecule has 2 heterocycles. The normalized spacial score (nSPS) is 19.8. The van der Waals surface area contributed by atoms with E-state index in [2.05, 4.69) is 34.2 Å². The molecule has 5 heteroatoms. The molecule has 0 amide bonds. The third kappa shape index (κ3) is 4.06. The molecule has 1 aromatic heterocycles. The lowest BCUT2D eigenvalue weighted by Gasteiger charge is -2.27. The van der Waals surface area contributed by atoms with Gasteiger partial charge < -0.3 is 15.0 Å². The molecule has 1 unspecified atom stereocenters. The van der Waals surface area contributed by atoms with Gasteiger partial charge in [-0.15, -0.1) is 0 Å². The van der Waals surface area contributed by atoms with Gasteiger partial charge in [0.2, 0.25) is 5.88 Å². The molecular formula is C14H24N4O. The van der Waals surface area contributed by atoms with E-state index in [9.17, 15) is 0 Å². The van der Waals surface area contributed by atoms with Crippen LogP contribution in [0.15, 0.2) is 12.4 Å². The monoisotopic (exact) mass is 264 g/mol. The fraction of sp³-hybridized carbons (Fsp3) is 0.714. The summed E-state index contributed by atoms with van der Waals surface area (Å²) < 4.78 is 5.55. The van der Waals surface area contributed by atoms with Gasteiger partial charge in [0.1, 0.15) is 0 Å². The van der Waals surface area contributed by atoms with Gasteiger partial charge in [-0.05, 0) is 38.8 Å². The van der Waals surface area contributed by atoms with Crippen molar-refractivity contribution < 1.29 is 4.74 Å². The lowest BCUT2D eigenvalue weighted by molar-refractivity contribution is 0.304. The number of hydrogen-bond donors (Lipinski definition) is 1. The van der Waals surface area contributed by atoms with Crippen molar-refractivity contribution in [3.8, 4) is 5.88 Å². The maximum Gasteiger partial charge on any atom is 0.234 e. The van der Waals surface area contributed by atoms with Gasteiger partial charge in [-0.3, -0.25) is 4.98 Å². The van der Waals surface area contributed by atoms with Crippen LogP contribution in [0.1, 0.15) is 32.6 Å². The zero-order chi connectivity index (χ0) is 13.5. The number of ether oxygens (including phenoxy) is 1. The molecule has 1 aliphatic rings. The second-order valence-corrected chi connectivity index (χ2v) is 5.01. The minimum atomic E-state index is 0.533. The van der Waals surface area contributed by atoms with Gasteiger partial charge in [-0.1, -0.05) is 6.92 Å². The number of anilines is 1. The second-order valence-electron chi connectivity index (χ2n) is 5.01. The Labute approximate surface area is 115 Å². The van der Waals surface area contributed by atoms with Crippen molar-refractivity contribution in [1.82, 2.24) is 15.3 Å². The van der Waals surface area contributed by atoms with Gasteiger partial charge in [0.05, 0.1) is 19.0 Å². The molecule has 0 aliphatic carbocycles. The molecule has 1 saturated heterocycles. The molecule has 1 aromatic rings. The standard InChI is InChI=1S/C14H24N4O/c1-3-9-19-14-11-16-10-13(17-14)18(2)12-5-4-7-15-8-6-12/h10-12,15H,3-9H2,1-2H3. The van der Waals surface area contributed by atoms with Crippen molar-refractivity contribution in [2.75, 3.05) is 31.6 Å². The molecule has 1 N–H and O–H groups in total. The summed E-state index contributed by atoms with van der Waals surface area (Å²) in [7, 11) is 2.10. The second kappa shape index (κ2) is 7.28. The van der Waals surface area contributed by atoms with Crippen molar-refractivity contribution >= 4 is 5.82 Å². The third-order valence-electron chi connectivity index (χ3n) is 3.51. The summed E-state index contributed by atoms with van der Waals surface area (Å²) >= 11 is 0. The van der Waals surface area contributed by atoms with Crippen LogP contribution in [0, 0.1) is 0 Å². The zero-order valence-electron chi connectivity index (χ0n) is 11.9. The molecule has 106 valence electrons. The Kier molecular flexibility index (Phi) is 5.39. The minimum absolute atomic E-state index is 0.533. The van der Waals surface area contributed by atoms with Crippen LogP contribution in [0.25, 0.3) is 0 Å². The number of nitrogens with one attached hydrogen (secondary N) is 1. The summed E-state index contributed by atoms with van der Waals surface area (Å²) in [5, 5.41) is 3.44. The average Bonchev–Trinajstić information content (AvgIpc) is 2.73. The quantitative estimate of drug-likeness (QED) is 0.879. The van der Waals surface area contributed by atoms with E-state index < -0.39 is 0 Å². The highest BCUT2D eigenvalue weighted by molar-refractivity contribution is 5.37. The molecule has 5 nitrogen and oxygen atoms in total. The molecule has 1 fully saturated rings. The van der Waals surface area contributed by atoms with E-state index in [0.29, 0.717) is 18.5 Å². The first-order valence-corrected chi connectivity index (χ1v) is 7.19. The van der Waals surface area contributed by atoms with E-state index in [-0.39, 0.29) is 0 Å². The fourth-order valence-electron chi connectivity index (χ4n) is 2.36. The first kappa shape index (κ1) is 14.1. The van der Waals surface area contributed by atoms with Crippen LogP contribution >= 0.6 is 0 Å². The summed E-state index contributed by atoms with van der Waals surface area (Å²) in [6.45, 7) is 4.97. The molecule has 0 saturated carbocycles. The number of hydrogen-bond acceptors (Lipinski definition) is 5.